The van der Waals surface area contributed by atoms with Crippen molar-refractivity contribution in [2.75, 3.05) is 6.26 Å². The Morgan fingerprint density at radius 3 is 2.52 bits per heavy atom. The lowest BCUT2D eigenvalue weighted by atomic mass is 9.93. The molecule has 2 aromatic rings. The molecule has 0 amide bonds. The van der Waals surface area contributed by atoms with Gasteiger partial charge < -0.3 is 0 Å². The smallest absolute Gasteiger partial charge is 0.178 e. The average molecular weight is 324 g/mol. The fraction of sp³-hybridized carbons (Fsp3) is 0.375. The van der Waals surface area contributed by atoms with E-state index in [0.717, 1.165) is 17.4 Å². The molecule has 1 aromatic carbocycles. The Morgan fingerprint density at radius 1 is 1.19 bits per heavy atom. The molecule has 3 rings (SSSR count). The van der Waals surface area contributed by atoms with E-state index in [2.05, 4.69) is 5.38 Å². The molecule has 5 heteroatoms. The first-order valence-corrected chi connectivity index (χ1v) is 9.86. The number of sulfone groups is 1. The summed E-state index contributed by atoms with van der Waals surface area (Å²) in [6, 6.07) is 4.42. The van der Waals surface area contributed by atoms with E-state index in [4.69, 9.17) is 0 Å². The van der Waals surface area contributed by atoms with Gasteiger partial charge in [-0.2, -0.15) is 11.3 Å². The summed E-state index contributed by atoms with van der Waals surface area (Å²) >= 11 is 1.62. The summed E-state index contributed by atoms with van der Waals surface area (Å²) in [4.78, 5) is -0.233. The lowest BCUT2D eigenvalue weighted by Gasteiger charge is -2.11. The van der Waals surface area contributed by atoms with E-state index in [1.165, 1.54) is 43.4 Å². The van der Waals surface area contributed by atoms with Crippen molar-refractivity contribution in [3.63, 3.8) is 0 Å². The van der Waals surface area contributed by atoms with Crippen LogP contribution in [0.2, 0.25) is 0 Å². The molecular formula is C16H17FO2S2. The summed E-state index contributed by atoms with van der Waals surface area (Å²) in [6.45, 7) is 0. The molecule has 0 atom stereocenters. The summed E-state index contributed by atoms with van der Waals surface area (Å²) < 4.78 is 37.1. The molecule has 0 bridgehead atoms. The van der Waals surface area contributed by atoms with E-state index in [0.29, 0.717) is 5.92 Å². The van der Waals surface area contributed by atoms with Crippen LogP contribution in [-0.2, 0) is 9.84 Å². The molecule has 1 saturated carbocycles. The van der Waals surface area contributed by atoms with Crippen molar-refractivity contribution < 1.29 is 12.8 Å². The van der Waals surface area contributed by atoms with Crippen LogP contribution in [0.25, 0.3) is 11.1 Å². The van der Waals surface area contributed by atoms with Crippen LogP contribution in [0, 0.1) is 5.82 Å². The van der Waals surface area contributed by atoms with Crippen molar-refractivity contribution in [2.45, 2.75) is 36.5 Å². The molecule has 2 nitrogen and oxygen atoms in total. The predicted molar refractivity (Wildman–Crippen MR) is 84.0 cm³/mol. The van der Waals surface area contributed by atoms with E-state index < -0.39 is 15.7 Å². The van der Waals surface area contributed by atoms with E-state index in [1.54, 1.807) is 17.4 Å². The topological polar surface area (TPSA) is 34.1 Å². The molecule has 112 valence electrons. The number of hydrogen-bond acceptors (Lipinski definition) is 3. The first kappa shape index (κ1) is 14.7. The van der Waals surface area contributed by atoms with Crippen molar-refractivity contribution in [1.29, 1.82) is 0 Å². The summed E-state index contributed by atoms with van der Waals surface area (Å²) in [5.41, 5.74) is 3.10. The second kappa shape index (κ2) is 5.54. The van der Waals surface area contributed by atoms with Crippen molar-refractivity contribution >= 4 is 21.2 Å². The van der Waals surface area contributed by atoms with Crippen molar-refractivity contribution in [2.24, 2.45) is 0 Å². The Labute approximate surface area is 128 Å². The third-order valence-corrected chi connectivity index (χ3v) is 6.02. The van der Waals surface area contributed by atoms with Crippen LogP contribution in [-0.4, -0.2) is 14.7 Å². The normalized spacial score (nSPS) is 16.5. The minimum absolute atomic E-state index is 0.233. The summed E-state index contributed by atoms with van der Waals surface area (Å²) in [5.74, 6) is -0.109. The number of hydrogen-bond donors (Lipinski definition) is 0. The second-order valence-corrected chi connectivity index (χ2v) is 8.37. The van der Waals surface area contributed by atoms with Crippen LogP contribution in [0.4, 0.5) is 4.39 Å². The predicted octanol–water partition coefficient (Wildman–Crippen LogP) is 4.62. The van der Waals surface area contributed by atoms with Crippen LogP contribution in [0.5, 0.6) is 0 Å². The van der Waals surface area contributed by atoms with Gasteiger partial charge in [-0.25, -0.2) is 12.8 Å². The Bertz CT molecular complexity index is 756. The minimum Gasteiger partial charge on any atom is -0.224 e. The van der Waals surface area contributed by atoms with Gasteiger partial charge in [-0.05, 0) is 58.3 Å². The fourth-order valence-electron chi connectivity index (χ4n) is 3.06. The van der Waals surface area contributed by atoms with Gasteiger partial charge in [0.1, 0.15) is 10.7 Å². The van der Waals surface area contributed by atoms with Gasteiger partial charge in [-0.15, -0.1) is 0 Å². The Morgan fingerprint density at radius 2 is 1.90 bits per heavy atom. The van der Waals surface area contributed by atoms with Crippen molar-refractivity contribution in [3.8, 4) is 11.1 Å². The number of rotatable bonds is 3. The van der Waals surface area contributed by atoms with Crippen LogP contribution >= 0.6 is 11.3 Å². The maximum atomic E-state index is 14.1. The zero-order chi connectivity index (χ0) is 15.0. The summed E-state index contributed by atoms with van der Waals surface area (Å²) in [7, 11) is -3.52. The maximum absolute atomic E-state index is 14.1. The van der Waals surface area contributed by atoms with Gasteiger partial charge in [0.05, 0.1) is 0 Å². The molecule has 1 aromatic heterocycles. The highest BCUT2D eigenvalue weighted by molar-refractivity contribution is 7.90. The fourth-order valence-corrected chi connectivity index (χ4v) is 4.73. The van der Waals surface area contributed by atoms with E-state index >= 15 is 0 Å². The van der Waals surface area contributed by atoms with Crippen LogP contribution in [0.3, 0.4) is 0 Å². The van der Waals surface area contributed by atoms with Gasteiger partial charge >= 0.3 is 0 Å². The lowest BCUT2D eigenvalue weighted by molar-refractivity contribution is 0.571. The van der Waals surface area contributed by atoms with E-state index in [1.807, 2.05) is 5.38 Å². The van der Waals surface area contributed by atoms with Gasteiger partial charge in [0, 0.05) is 6.26 Å². The zero-order valence-corrected chi connectivity index (χ0v) is 13.4. The maximum Gasteiger partial charge on any atom is 0.178 e. The van der Waals surface area contributed by atoms with Gasteiger partial charge in [0.25, 0.3) is 0 Å². The molecule has 1 aliphatic carbocycles. The Balaban J connectivity index is 2.02. The molecule has 0 radical (unpaired) electrons. The van der Waals surface area contributed by atoms with Gasteiger partial charge in [0.15, 0.2) is 9.84 Å². The highest BCUT2D eigenvalue weighted by atomic mass is 32.2. The van der Waals surface area contributed by atoms with Crippen molar-refractivity contribution in [1.82, 2.24) is 0 Å². The zero-order valence-electron chi connectivity index (χ0n) is 11.8. The molecule has 1 aliphatic rings. The van der Waals surface area contributed by atoms with Crippen molar-refractivity contribution in [3.05, 3.63) is 40.3 Å². The monoisotopic (exact) mass is 324 g/mol. The molecule has 21 heavy (non-hydrogen) atoms. The first-order valence-electron chi connectivity index (χ1n) is 7.03. The van der Waals surface area contributed by atoms with Gasteiger partial charge in [0.2, 0.25) is 0 Å². The van der Waals surface area contributed by atoms with Gasteiger partial charge in [-0.3, -0.25) is 0 Å². The first-order chi connectivity index (χ1) is 9.97. The van der Waals surface area contributed by atoms with E-state index in [-0.39, 0.29) is 4.90 Å². The summed E-state index contributed by atoms with van der Waals surface area (Å²) in [5, 5.41) is 4.18. The average Bonchev–Trinajstić information content (AvgIpc) is 3.08. The molecule has 0 spiro atoms. The second-order valence-electron chi connectivity index (χ2n) is 5.64. The number of benzene rings is 1. The third-order valence-electron chi connectivity index (χ3n) is 4.13. The highest BCUT2D eigenvalue weighted by Gasteiger charge is 2.22. The van der Waals surface area contributed by atoms with Gasteiger partial charge in [-0.1, -0.05) is 18.9 Å². The van der Waals surface area contributed by atoms with Crippen LogP contribution < -0.4 is 0 Å². The molecule has 0 aliphatic heterocycles. The number of thiophene rings is 1. The molecule has 0 N–H and O–H groups in total. The standard InChI is InChI=1S/C16H17FO2S2/c1-21(18,19)16-7-6-12(8-15(16)17)14-10-20-9-13(14)11-4-2-3-5-11/h6-11H,2-5H2,1H3. The highest BCUT2D eigenvalue weighted by Crippen LogP contribution is 2.41. The molecular weight excluding hydrogens is 307 g/mol. The Hall–Kier alpha value is -1.20. The molecule has 1 fully saturated rings. The molecule has 0 unspecified atom stereocenters. The largest absolute Gasteiger partial charge is 0.224 e. The van der Waals surface area contributed by atoms with Crippen LogP contribution in [0.1, 0.15) is 37.2 Å². The number of halogens is 1. The lowest BCUT2D eigenvalue weighted by Crippen LogP contribution is -2.01. The molecule has 0 saturated heterocycles. The van der Waals surface area contributed by atoms with E-state index in [9.17, 15) is 12.8 Å². The minimum atomic E-state index is -3.52. The van der Waals surface area contributed by atoms with Crippen LogP contribution in [0.15, 0.2) is 33.9 Å². The quantitative estimate of drug-likeness (QED) is 0.826. The molecule has 1 heterocycles. The SMILES string of the molecule is CS(=O)(=O)c1ccc(-c2cscc2C2CCCC2)cc1F. The Kier molecular flexibility index (Phi) is 3.88. The third kappa shape index (κ3) is 2.90. The summed E-state index contributed by atoms with van der Waals surface area (Å²) in [6.07, 6.45) is 5.91.